The van der Waals surface area contributed by atoms with Crippen LogP contribution in [0.15, 0.2) is 34.2 Å². The largest absolute Gasteiger partial charge is 0.394 e. The summed E-state index contributed by atoms with van der Waals surface area (Å²) in [6, 6.07) is 0. The van der Waals surface area contributed by atoms with Crippen LogP contribution in [0.3, 0.4) is 0 Å². The van der Waals surface area contributed by atoms with Gasteiger partial charge in [0, 0.05) is 4.91 Å². The highest BCUT2D eigenvalue weighted by Gasteiger charge is 1.92. The quantitative estimate of drug-likeness (QED) is 0.657. The first kappa shape index (κ1) is 10.4. The molecule has 0 spiro atoms. The fraction of sp³-hybridized carbons (Fsp3) is 0.333. The Kier molecular flexibility index (Phi) is 5.75. The van der Waals surface area contributed by atoms with Gasteiger partial charge in [-0.25, -0.2) is 0 Å². The van der Waals surface area contributed by atoms with Crippen molar-refractivity contribution < 1.29 is 0 Å². The summed E-state index contributed by atoms with van der Waals surface area (Å²) < 4.78 is 0. The number of allylic oxidation sites excluding steroid dienone is 4. The lowest BCUT2D eigenvalue weighted by Crippen LogP contribution is -1.90. The molecular weight excluding hydrogens is 154 g/mol. The molecule has 0 amide bonds. The van der Waals surface area contributed by atoms with Gasteiger partial charge >= 0.3 is 0 Å². The van der Waals surface area contributed by atoms with Gasteiger partial charge in [-0.15, -0.1) is 0 Å². The minimum absolute atomic E-state index is 0.844. The van der Waals surface area contributed by atoms with E-state index < -0.39 is 0 Å². The van der Waals surface area contributed by atoms with Crippen LogP contribution in [-0.4, -0.2) is 0 Å². The normalized spacial score (nSPS) is 14.5. The van der Waals surface area contributed by atoms with E-state index in [9.17, 15) is 0 Å². The van der Waals surface area contributed by atoms with Crippen molar-refractivity contribution in [2.75, 3.05) is 0 Å². The van der Waals surface area contributed by atoms with E-state index >= 15 is 0 Å². The van der Waals surface area contributed by atoms with E-state index in [0.29, 0.717) is 0 Å². The number of rotatable bonds is 3. The topological polar surface area (TPSA) is 26.0 Å². The number of hydrogen-bond donors (Lipinski definition) is 1. The van der Waals surface area contributed by atoms with Crippen LogP contribution in [0.5, 0.6) is 0 Å². The van der Waals surface area contributed by atoms with Crippen molar-refractivity contribution in [3.05, 3.63) is 34.2 Å². The molecule has 11 heavy (non-hydrogen) atoms. The van der Waals surface area contributed by atoms with E-state index in [-0.39, 0.29) is 0 Å². The Morgan fingerprint density at radius 1 is 1.18 bits per heavy atom. The van der Waals surface area contributed by atoms with Gasteiger partial charge in [0.1, 0.15) is 0 Å². The molecule has 0 heterocycles. The van der Waals surface area contributed by atoms with Crippen molar-refractivity contribution in [2.45, 2.75) is 20.8 Å². The minimum Gasteiger partial charge on any atom is -0.394 e. The van der Waals surface area contributed by atoms with Crippen molar-refractivity contribution in [2.24, 2.45) is 5.73 Å². The predicted octanol–water partition coefficient (Wildman–Crippen LogP) is 3.02. The van der Waals surface area contributed by atoms with Gasteiger partial charge in [-0.2, -0.15) is 0 Å². The summed E-state index contributed by atoms with van der Waals surface area (Å²) in [5.41, 5.74) is 5.63. The first-order valence-corrected chi connectivity index (χ1v) is 4.44. The highest BCUT2D eigenvalue weighted by atomic mass is 32.2. The third kappa shape index (κ3) is 4.73. The van der Waals surface area contributed by atoms with Crippen LogP contribution in [0, 0.1) is 0 Å². The first-order valence-electron chi connectivity index (χ1n) is 3.63. The minimum atomic E-state index is 0.844. The van der Waals surface area contributed by atoms with E-state index in [1.165, 1.54) is 4.91 Å². The first-order chi connectivity index (χ1) is 5.24. The maximum absolute atomic E-state index is 5.63. The summed E-state index contributed by atoms with van der Waals surface area (Å²) in [6.07, 6.45) is 7.99. The molecule has 0 bridgehead atoms. The zero-order valence-corrected chi connectivity index (χ0v) is 8.11. The van der Waals surface area contributed by atoms with Crippen LogP contribution < -0.4 is 5.73 Å². The highest BCUT2D eigenvalue weighted by molar-refractivity contribution is 8.06. The molecule has 1 nitrogen and oxygen atoms in total. The Balaban J connectivity index is 4.11. The van der Waals surface area contributed by atoms with Gasteiger partial charge in [-0.1, -0.05) is 36.1 Å². The summed E-state index contributed by atoms with van der Waals surface area (Å²) in [7, 11) is 0. The van der Waals surface area contributed by atoms with E-state index in [4.69, 9.17) is 5.73 Å². The Labute approximate surface area is 73.1 Å². The van der Waals surface area contributed by atoms with Crippen LogP contribution in [0.2, 0.25) is 0 Å². The molecule has 0 unspecified atom stereocenters. The fourth-order valence-electron chi connectivity index (χ4n) is 0.548. The van der Waals surface area contributed by atoms with Crippen LogP contribution >= 0.6 is 11.8 Å². The smallest absolute Gasteiger partial charge is 0.0660 e. The molecule has 0 aliphatic rings. The second-order valence-corrected chi connectivity index (χ2v) is 3.13. The monoisotopic (exact) mass is 169 g/mol. The summed E-state index contributed by atoms with van der Waals surface area (Å²) in [5, 5.41) is 0.844. The number of thioether (sulfide) groups is 1. The number of nitrogens with two attached hydrogens (primary N) is 1. The summed E-state index contributed by atoms with van der Waals surface area (Å²) in [4.78, 5) is 1.18. The highest BCUT2D eigenvalue weighted by Crippen LogP contribution is 2.21. The average Bonchev–Trinajstić information content (AvgIpc) is 2.03. The molecular formula is C9H15NS. The molecule has 0 saturated heterocycles. The molecule has 0 aliphatic carbocycles. The maximum Gasteiger partial charge on any atom is 0.0660 e. The van der Waals surface area contributed by atoms with Gasteiger partial charge in [0.2, 0.25) is 0 Å². The summed E-state index contributed by atoms with van der Waals surface area (Å²) >= 11 is 1.58. The predicted molar refractivity (Wildman–Crippen MR) is 54.1 cm³/mol. The van der Waals surface area contributed by atoms with Gasteiger partial charge in [-0.05, 0) is 20.8 Å². The van der Waals surface area contributed by atoms with E-state index in [2.05, 4.69) is 0 Å². The Hall–Kier alpha value is -0.630. The Morgan fingerprint density at radius 2 is 1.82 bits per heavy atom. The lowest BCUT2D eigenvalue weighted by molar-refractivity contribution is 1.50. The van der Waals surface area contributed by atoms with Crippen LogP contribution in [0.25, 0.3) is 0 Å². The van der Waals surface area contributed by atoms with E-state index in [1.54, 1.807) is 11.8 Å². The molecule has 62 valence electrons. The van der Waals surface area contributed by atoms with Crippen molar-refractivity contribution in [3.63, 3.8) is 0 Å². The van der Waals surface area contributed by atoms with Gasteiger partial charge < -0.3 is 5.73 Å². The second kappa shape index (κ2) is 6.10. The lowest BCUT2D eigenvalue weighted by Gasteiger charge is -1.99. The maximum atomic E-state index is 5.63. The molecule has 0 fully saturated rings. The van der Waals surface area contributed by atoms with Gasteiger partial charge in [0.25, 0.3) is 0 Å². The molecule has 0 aromatic rings. The number of hydrogen-bond acceptors (Lipinski definition) is 2. The molecule has 2 heteroatoms. The molecule has 0 aromatic heterocycles. The Bertz CT molecular complexity index is 190. The molecule has 0 atom stereocenters. The zero-order chi connectivity index (χ0) is 8.69. The molecule has 0 saturated carbocycles. The molecule has 0 aliphatic heterocycles. The van der Waals surface area contributed by atoms with Crippen LogP contribution in [0.4, 0.5) is 0 Å². The fourth-order valence-corrected chi connectivity index (χ4v) is 1.26. The molecule has 2 N–H and O–H groups in total. The standard InChI is InChI=1S/C9H15NS/c1-4-7-8(5-2)11-9(10)6-3/h4-7H,10H2,1-3H3/b7-4-,8-5+,9-6+. The van der Waals surface area contributed by atoms with Crippen molar-refractivity contribution >= 4 is 11.8 Å². The van der Waals surface area contributed by atoms with Crippen LogP contribution in [-0.2, 0) is 0 Å². The van der Waals surface area contributed by atoms with Crippen molar-refractivity contribution in [1.82, 2.24) is 0 Å². The van der Waals surface area contributed by atoms with Crippen LogP contribution in [0.1, 0.15) is 20.8 Å². The van der Waals surface area contributed by atoms with E-state index in [0.717, 1.165) is 5.03 Å². The van der Waals surface area contributed by atoms with Crippen molar-refractivity contribution in [3.8, 4) is 0 Å². The third-order valence-corrected chi connectivity index (χ3v) is 2.21. The molecule has 0 aromatic carbocycles. The zero-order valence-electron chi connectivity index (χ0n) is 7.29. The lowest BCUT2D eigenvalue weighted by atomic mass is 10.4. The van der Waals surface area contributed by atoms with Gasteiger partial charge in [-0.3, -0.25) is 0 Å². The molecule has 0 rings (SSSR count). The van der Waals surface area contributed by atoms with Gasteiger partial charge in [0.05, 0.1) is 5.03 Å². The second-order valence-electron chi connectivity index (χ2n) is 1.98. The average molecular weight is 169 g/mol. The molecule has 0 radical (unpaired) electrons. The Morgan fingerprint density at radius 3 is 2.18 bits per heavy atom. The SMILES string of the molecule is C/C=C\C(=C/C)S/C(N)=C/C. The summed E-state index contributed by atoms with van der Waals surface area (Å²) in [6.45, 7) is 5.94. The third-order valence-electron chi connectivity index (χ3n) is 1.14. The van der Waals surface area contributed by atoms with E-state index in [1.807, 2.05) is 45.1 Å². The summed E-state index contributed by atoms with van der Waals surface area (Å²) in [5.74, 6) is 0. The van der Waals surface area contributed by atoms with Gasteiger partial charge in [0.15, 0.2) is 0 Å². The van der Waals surface area contributed by atoms with Crippen molar-refractivity contribution in [1.29, 1.82) is 0 Å².